The van der Waals surface area contributed by atoms with Crippen molar-refractivity contribution in [1.82, 2.24) is 0 Å². The smallest absolute Gasteiger partial charge is 0.414 e. The Hall–Kier alpha value is -0.714. The molecule has 0 rings (SSSR count). The summed E-state index contributed by atoms with van der Waals surface area (Å²) in [6.07, 6.45) is 0. The molecule has 0 fully saturated rings. The third-order valence-corrected chi connectivity index (χ3v) is 0.516. The molecule has 0 heterocycles. The molecular weight excluding hydrogens is 251 g/mol. The molecule has 8 nitrogen and oxygen atoms in total. The second-order valence-electron chi connectivity index (χ2n) is 1.77. The summed E-state index contributed by atoms with van der Waals surface area (Å²) in [5.74, 6) is -3.65. The summed E-state index contributed by atoms with van der Waals surface area (Å²) in [6, 6.07) is 0. The Labute approximate surface area is 98.2 Å². The molecule has 0 aliphatic rings. The Bertz CT molecular complexity index is 127. The summed E-state index contributed by atoms with van der Waals surface area (Å²) >= 11 is 0. The quantitative estimate of drug-likeness (QED) is 0.286. The van der Waals surface area contributed by atoms with Gasteiger partial charge in [0.05, 0.1) is 0 Å². The Morgan fingerprint density at radius 2 is 0.867 bits per heavy atom. The number of carbonyl (C=O) groups is 2. The van der Waals surface area contributed by atoms with Gasteiger partial charge in [-0.2, -0.15) is 0 Å². The Balaban J connectivity index is -0.0000000606. The van der Waals surface area contributed by atoms with Crippen LogP contribution in [0.15, 0.2) is 0 Å². The molecule has 15 heavy (non-hydrogen) atoms. The molecular formula is C6H18CoN4O4. The maximum atomic E-state index is 9.10. The SMILES string of the molecule is NCCN.NCCN.O=C(O)C(=O)O.[Co]. The van der Waals surface area contributed by atoms with Crippen LogP contribution in [0.4, 0.5) is 0 Å². The van der Waals surface area contributed by atoms with E-state index in [1.165, 1.54) is 0 Å². The normalized spacial score (nSPS) is 6.93. The first-order valence-corrected chi connectivity index (χ1v) is 3.74. The van der Waals surface area contributed by atoms with Crippen LogP contribution in [0.5, 0.6) is 0 Å². The van der Waals surface area contributed by atoms with E-state index in [1.54, 1.807) is 0 Å². The second-order valence-corrected chi connectivity index (χ2v) is 1.77. The number of rotatable bonds is 2. The van der Waals surface area contributed by atoms with Crippen molar-refractivity contribution in [3.8, 4) is 0 Å². The van der Waals surface area contributed by atoms with Crippen LogP contribution in [0.3, 0.4) is 0 Å². The van der Waals surface area contributed by atoms with E-state index >= 15 is 0 Å². The minimum absolute atomic E-state index is 0. The van der Waals surface area contributed by atoms with Gasteiger partial charge >= 0.3 is 11.9 Å². The van der Waals surface area contributed by atoms with Crippen molar-refractivity contribution in [3.63, 3.8) is 0 Å². The molecule has 0 saturated carbocycles. The van der Waals surface area contributed by atoms with Gasteiger partial charge in [0.1, 0.15) is 0 Å². The van der Waals surface area contributed by atoms with Crippen LogP contribution in [-0.4, -0.2) is 48.3 Å². The zero-order valence-corrected chi connectivity index (χ0v) is 9.22. The zero-order valence-electron chi connectivity index (χ0n) is 8.18. The number of carboxylic acids is 2. The van der Waals surface area contributed by atoms with Crippen LogP contribution in [0.25, 0.3) is 0 Å². The van der Waals surface area contributed by atoms with Gasteiger partial charge < -0.3 is 33.1 Å². The molecule has 0 unspecified atom stereocenters. The molecule has 10 N–H and O–H groups in total. The van der Waals surface area contributed by atoms with Gasteiger partial charge in [0.2, 0.25) is 0 Å². The molecule has 0 bridgehead atoms. The largest absolute Gasteiger partial charge is 0.473 e. The van der Waals surface area contributed by atoms with E-state index in [-0.39, 0.29) is 16.8 Å². The van der Waals surface area contributed by atoms with Crippen LogP contribution < -0.4 is 22.9 Å². The van der Waals surface area contributed by atoms with E-state index in [9.17, 15) is 0 Å². The summed E-state index contributed by atoms with van der Waals surface area (Å²) in [7, 11) is 0. The van der Waals surface area contributed by atoms with Gasteiger partial charge in [0.15, 0.2) is 0 Å². The molecule has 95 valence electrons. The summed E-state index contributed by atoms with van der Waals surface area (Å²) in [5.41, 5.74) is 19.6. The summed E-state index contributed by atoms with van der Waals surface area (Å²) in [4.78, 5) is 18.2. The van der Waals surface area contributed by atoms with Gasteiger partial charge in [0, 0.05) is 43.0 Å². The molecule has 0 amide bonds. The monoisotopic (exact) mass is 269 g/mol. The van der Waals surface area contributed by atoms with Crippen LogP contribution in [0.1, 0.15) is 0 Å². The van der Waals surface area contributed by atoms with Gasteiger partial charge in [-0.1, -0.05) is 0 Å². The third kappa shape index (κ3) is 60.6. The number of aliphatic carboxylic acids is 2. The van der Waals surface area contributed by atoms with E-state index in [0.717, 1.165) is 0 Å². The average Bonchev–Trinajstić information content (AvgIpc) is 2.18. The number of hydrogen-bond donors (Lipinski definition) is 6. The fourth-order valence-corrected chi connectivity index (χ4v) is 0. The third-order valence-electron chi connectivity index (χ3n) is 0.516. The summed E-state index contributed by atoms with van der Waals surface area (Å²) < 4.78 is 0. The van der Waals surface area contributed by atoms with Crippen molar-refractivity contribution in [2.24, 2.45) is 22.9 Å². The van der Waals surface area contributed by atoms with Crippen molar-refractivity contribution >= 4 is 11.9 Å². The molecule has 0 aliphatic heterocycles. The van der Waals surface area contributed by atoms with E-state index in [2.05, 4.69) is 0 Å². The zero-order chi connectivity index (χ0) is 12.0. The first kappa shape index (κ1) is 23.8. The first-order chi connectivity index (χ1) is 6.47. The molecule has 0 saturated heterocycles. The fourth-order valence-electron chi connectivity index (χ4n) is 0. The van der Waals surface area contributed by atoms with E-state index in [1.807, 2.05) is 0 Å². The predicted molar refractivity (Wildman–Crippen MR) is 51.5 cm³/mol. The standard InChI is InChI=1S/2C2H8N2.C2H2O4.Co/c2*3-1-2-4;3-1(4)2(5)6;/h2*1-4H2;(H,3,4)(H,5,6);. The van der Waals surface area contributed by atoms with Crippen LogP contribution in [-0.2, 0) is 26.4 Å². The molecule has 0 aliphatic carbocycles. The van der Waals surface area contributed by atoms with Crippen molar-refractivity contribution < 1.29 is 36.6 Å². The van der Waals surface area contributed by atoms with Crippen molar-refractivity contribution in [2.45, 2.75) is 0 Å². The maximum Gasteiger partial charge on any atom is 0.414 e. The second kappa shape index (κ2) is 23.3. The van der Waals surface area contributed by atoms with E-state index in [4.69, 9.17) is 42.7 Å². The summed E-state index contributed by atoms with van der Waals surface area (Å²) in [6.45, 7) is 2.39. The Morgan fingerprint density at radius 3 is 0.867 bits per heavy atom. The minimum Gasteiger partial charge on any atom is -0.473 e. The van der Waals surface area contributed by atoms with Crippen LogP contribution in [0.2, 0.25) is 0 Å². The van der Waals surface area contributed by atoms with Crippen molar-refractivity contribution in [1.29, 1.82) is 0 Å². The Morgan fingerprint density at radius 1 is 0.733 bits per heavy atom. The van der Waals surface area contributed by atoms with E-state index < -0.39 is 11.9 Å². The molecule has 0 aromatic carbocycles. The number of nitrogens with two attached hydrogens (primary N) is 4. The molecule has 0 spiro atoms. The predicted octanol–water partition coefficient (Wildman–Crippen LogP) is -3.04. The van der Waals surface area contributed by atoms with Gasteiger partial charge in [-0.25, -0.2) is 9.59 Å². The van der Waals surface area contributed by atoms with E-state index in [0.29, 0.717) is 26.2 Å². The van der Waals surface area contributed by atoms with Gasteiger partial charge in [0.25, 0.3) is 0 Å². The Kier molecular flexibility index (Phi) is 37.0. The molecule has 9 heteroatoms. The molecule has 0 aromatic rings. The van der Waals surface area contributed by atoms with Crippen molar-refractivity contribution in [2.75, 3.05) is 26.2 Å². The number of hydrogen-bond acceptors (Lipinski definition) is 6. The fraction of sp³-hybridized carbons (Fsp3) is 0.667. The first-order valence-electron chi connectivity index (χ1n) is 3.74. The topological polar surface area (TPSA) is 179 Å². The van der Waals surface area contributed by atoms with Crippen LogP contribution >= 0.6 is 0 Å². The minimum atomic E-state index is -1.82. The molecule has 0 aromatic heterocycles. The van der Waals surface area contributed by atoms with Gasteiger partial charge in [-0.3, -0.25) is 0 Å². The van der Waals surface area contributed by atoms with Gasteiger partial charge in [-0.05, 0) is 0 Å². The maximum absolute atomic E-state index is 9.10. The van der Waals surface area contributed by atoms with Crippen molar-refractivity contribution in [3.05, 3.63) is 0 Å². The van der Waals surface area contributed by atoms with Crippen LogP contribution in [0, 0.1) is 0 Å². The number of carboxylic acid groups (broad SMARTS) is 2. The van der Waals surface area contributed by atoms with Gasteiger partial charge in [-0.15, -0.1) is 0 Å². The summed E-state index contributed by atoms with van der Waals surface area (Å²) in [5, 5.41) is 14.8. The average molecular weight is 269 g/mol. The molecule has 1 radical (unpaired) electrons. The molecule has 0 atom stereocenters.